The average molecular weight is 384 g/mol. The lowest BCUT2D eigenvalue weighted by molar-refractivity contribution is -0.245. The zero-order chi connectivity index (χ0) is 20.4. The largest absolute Gasteiger partial charge is 0.390 e. The number of rotatable bonds is 6. The minimum atomic E-state index is -0.874. The highest BCUT2D eigenvalue weighted by Crippen LogP contribution is 2.22. The van der Waals surface area contributed by atoms with E-state index in [2.05, 4.69) is 25.4 Å². The molecule has 0 radical (unpaired) electrons. The number of nitrogens with zero attached hydrogens (tertiary/aromatic N) is 5. The van der Waals surface area contributed by atoms with Gasteiger partial charge in [0.25, 0.3) is 0 Å². The van der Waals surface area contributed by atoms with Gasteiger partial charge in [0.05, 0.1) is 37.3 Å². The number of ketones is 1. The number of aliphatic hydroxyl groups is 2. The molecular formula is C16H28N6O5. The van der Waals surface area contributed by atoms with Crippen molar-refractivity contribution in [2.45, 2.75) is 71.7 Å². The number of H-pyrrole nitrogens is 1. The van der Waals surface area contributed by atoms with E-state index in [0.717, 1.165) is 0 Å². The third-order valence-electron chi connectivity index (χ3n) is 3.91. The van der Waals surface area contributed by atoms with Crippen molar-refractivity contribution in [2.24, 2.45) is 10.5 Å². The molecule has 2 rings (SSSR count). The molecule has 1 saturated heterocycles. The van der Waals surface area contributed by atoms with Crippen LogP contribution in [0, 0.1) is 5.41 Å². The Hall–Kier alpha value is -2.04. The maximum Gasteiger partial charge on any atom is 0.160 e. The van der Waals surface area contributed by atoms with Crippen LogP contribution in [0.3, 0.4) is 0 Å². The van der Waals surface area contributed by atoms with E-state index in [4.69, 9.17) is 15.0 Å². The first-order valence-electron chi connectivity index (χ1n) is 8.67. The Morgan fingerprint density at radius 3 is 2.74 bits per heavy atom. The second kappa shape index (κ2) is 11.0. The first-order chi connectivity index (χ1) is 12.6. The van der Waals surface area contributed by atoms with Crippen LogP contribution in [0.15, 0.2) is 11.3 Å². The number of nitrogens with one attached hydrogen (secondary N) is 1. The van der Waals surface area contributed by atoms with Gasteiger partial charge in [-0.15, -0.1) is 0 Å². The van der Waals surface area contributed by atoms with Gasteiger partial charge in [-0.25, -0.2) is 0 Å². The maximum atomic E-state index is 11.7. The molecule has 1 aromatic rings. The lowest BCUT2D eigenvalue weighted by Gasteiger charge is -2.35. The summed E-state index contributed by atoms with van der Waals surface area (Å²) in [6, 6.07) is 0. The Balaban J connectivity index is 0.000000337. The zero-order valence-electron chi connectivity index (χ0n) is 16.1. The summed E-state index contributed by atoms with van der Waals surface area (Å²) in [5.41, 5.74) is 8.15. The fourth-order valence-corrected chi connectivity index (χ4v) is 2.20. The number of aromatic amines is 1. The molecule has 11 heteroatoms. The van der Waals surface area contributed by atoms with Crippen LogP contribution in [0.4, 0.5) is 0 Å². The molecule has 0 aliphatic carbocycles. The Morgan fingerprint density at radius 2 is 2.22 bits per heavy atom. The maximum absolute atomic E-state index is 11.7. The lowest BCUT2D eigenvalue weighted by Crippen LogP contribution is -2.47. The highest BCUT2D eigenvalue weighted by atomic mass is 16.7. The van der Waals surface area contributed by atoms with Crippen LogP contribution >= 0.6 is 0 Å². The molecule has 1 aliphatic heterocycles. The third kappa shape index (κ3) is 8.46. The fraction of sp³-hybridized carbons (Fsp3) is 0.812. The summed E-state index contributed by atoms with van der Waals surface area (Å²) in [7, 11) is 0. The molecule has 3 N–H and O–H groups in total. The van der Waals surface area contributed by atoms with E-state index in [9.17, 15) is 15.0 Å². The molecule has 0 amide bonds. The molecule has 0 aromatic carbocycles. The molecule has 0 spiro atoms. The van der Waals surface area contributed by atoms with Crippen molar-refractivity contribution in [3.8, 4) is 0 Å². The number of aliphatic hydroxyl groups excluding tert-OH is 2. The molecule has 1 unspecified atom stereocenters. The number of carbonyl (C=O) groups excluding carboxylic acids is 1. The van der Waals surface area contributed by atoms with Gasteiger partial charge in [0.15, 0.2) is 6.29 Å². The number of azide groups is 1. The summed E-state index contributed by atoms with van der Waals surface area (Å²) in [5.74, 6) is 0.131. The van der Waals surface area contributed by atoms with E-state index < -0.39 is 24.6 Å². The molecule has 2 heterocycles. The van der Waals surface area contributed by atoms with Crippen molar-refractivity contribution in [2.75, 3.05) is 6.61 Å². The van der Waals surface area contributed by atoms with Gasteiger partial charge in [-0.1, -0.05) is 25.9 Å². The molecule has 0 saturated carbocycles. The van der Waals surface area contributed by atoms with Crippen LogP contribution in [0.1, 0.15) is 46.2 Å². The molecule has 0 bridgehead atoms. The predicted octanol–water partition coefficient (Wildman–Crippen LogP) is 1.48. The second-order valence-electron chi connectivity index (χ2n) is 7.21. The van der Waals surface area contributed by atoms with Gasteiger partial charge in [0, 0.05) is 23.2 Å². The first-order valence-corrected chi connectivity index (χ1v) is 8.67. The highest BCUT2D eigenvalue weighted by Gasteiger charge is 2.34. The van der Waals surface area contributed by atoms with Gasteiger partial charge >= 0.3 is 0 Å². The van der Waals surface area contributed by atoms with E-state index in [0.29, 0.717) is 12.1 Å². The molecule has 1 aliphatic rings. The van der Waals surface area contributed by atoms with Gasteiger partial charge in [-0.05, 0) is 12.5 Å². The van der Waals surface area contributed by atoms with Crippen molar-refractivity contribution in [1.82, 2.24) is 15.4 Å². The summed E-state index contributed by atoms with van der Waals surface area (Å²) in [6.45, 7) is 7.82. The van der Waals surface area contributed by atoms with Crippen molar-refractivity contribution in [3.05, 3.63) is 22.3 Å². The van der Waals surface area contributed by atoms with Crippen molar-refractivity contribution >= 4 is 5.78 Å². The van der Waals surface area contributed by atoms with Crippen molar-refractivity contribution in [3.63, 3.8) is 0 Å². The van der Waals surface area contributed by atoms with Crippen LogP contribution in [0.5, 0.6) is 0 Å². The van der Waals surface area contributed by atoms with Crippen molar-refractivity contribution < 1.29 is 24.5 Å². The average Bonchev–Trinajstić information content (AvgIpc) is 3.11. The monoisotopic (exact) mass is 384 g/mol. The van der Waals surface area contributed by atoms with Crippen LogP contribution in [0.2, 0.25) is 0 Å². The molecule has 1 aromatic heterocycles. The fourth-order valence-electron chi connectivity index (χ4n) is 2.20. The summed E-state index contributed by atoms with van der Waals surface area (Å²) in [5, 5.41) is 31.9. The quantitative estimate of drug-likeness (QED) is 0.379. The highest BCUT2D eigenvalue weighted by molar-refractivity contribution is 5.83. The Kier molecular flexibility index (Phi) is 9.33. The topological polar surface area (TPSA) is 166 Å². The predicted molar refractivity (Wildman–Crippen MR) is 95.2 cm³/mol. The molecular weight excluding hydrogens is 356 g/mol. The zero-order valence-corrected chi connectivity index (χ0v) is 16.1. The normalized spacial score (nSPS) is 25.1. The van der Waals surface area contributed by atoms with E-state index in [1.165, 1.54) is 6.20 Å². The molecule has 27 heavy (non-hydrogen) atoms. The molecule has 152 valence electrons. The number of carbonyl (C=O) groups is 1. The van der Waals surface area contributed by atoms with Gasteiger partial charge in [0.2, 0.25) is 0 Å². The van der Waals surface area contributed by atoms with Crippen LogP contribution in [0.25, 0.3) is 10.4 Å². The number of Topliss-reactive ketones (excluding diaryl/α,β-unsaturated/α-hetero) is 1. The smallest absolute Gasteiger partial charge is 0.160 e. The van der Waals surface area contributed by atoms with Crippen molar-refractivity contribution in [1.29, 1.82) is 0 Å². The van der Waals surface area contributed by atoms with Crippen LogP contribution in [-0.2, 0) is 20.8 Å². The summed E-state index contributed by atoms with van der Waals surface area (Å²) >= 11 is 0. The van der Waals surface area contributed by atoms with Gasteiger partial charge < -0.3 is 19.7 Å². The van der Waals surface area contributed by atoms with Gasteiger partial charge in [0.1, 0.15) is 11.9 Å². The van der Waals surface area contributed by atoms with E-state index in [1.807, 2.05) is 20.8 Å². The number of hydrogen-bond donors (Lipinski definition) is 3. The van der Waals surface area contributed by atoms with Crippen LogP contribution < -0.4 is 0 Å². The van der Waals surface area contributed by atoms with E-state index in [-0.39, 0.29) is 30.8 Å². The number of ether oxygens (including phenoxy) is 2. The third-order valence-corrected chi connectivity index (χ3v) is 3.91. The minimum Gasteiger partial charge on any atom is -0.390 e. The SMILES string of the molecule is CC1O[C@@H](OCCC(=O)C(C)(C)C)C[C@@H](O)[C@H]1O.[N-]=[N+]=NCc1cn[nH]n1. The van der Waals surface area contributed by atoms with Crippen LogP contribution in [-0.4, -0.2) is 62.6 Å². The Labute approximate surface area is 157 Å². The Morgan fingerprint density at radius 1 is 1.52 bits per heavy atom. The number of hydrogen-bond acceptors (Lipinski definition) is 8. The second-order valence-corrected chi connectivity index (χ2v) is 7.21. The van der Waals surface area contributed by atoms with E-state index >= 15 is 0 Å². The number of aromatic nitrogens is 3. The first kappa shape index (κ1) is 23.0. The summed E-state index contributed by atoms with van der Waals surface area (Å²) in [4.78, 5) is 14.2. The molecule has 11 nitrogen and oxygen atoms in total. The summed E-state index contributed by atoms with van der Waals surface area (Å²) < 4.78 is 10.8. The summed E-state index contributed by atoms with van der Waals surface area (Å²) in [6.07, 6.45) is -0.651. The molecule has 4 atom stereocenters. The van der Waals surface area contributed by atoms with E-state index in [1.54, 1.807) is 6.92 Å². The van der Waals surface area contributed by atoms with Gasteiger partial charge in [-0.2, -0.15) is 15.4 Å². The minimum absolute atomic E-state index is 0.131. The Bertz CT molecular complexity index is 599. The van der Waals surface area contributed by atoms with Gasteiger partial charge in [-0.3, -0.25) is 4.79 Å². The lowest BCUT2D eigenvalue weighted by atomic mass is 9.89. The molecule has 1 fully saturated rings. The standard InChI is InChI=1S/C13H24O5.C3H4N6/c1-8-12(16)9(14)7-11(18-8)17-6-5-10(15)13(2,3)4;4-8-5-1-3-2-6-9-7-3/h8-9,11-12,14,16H,5-7H2,1-4H3;2H,1H2,(H,6,7,9)/t8?,9-,11-,12+;/m1./s1.